The fourth-order valence-electron chi connectivity index (χ4n) is 2.05. The average Bonchev–Trinajstić information content (AvgIpc) is 2.26. The number of carbonyl (C=O) groups excluding carboxylic acids is 1. The third kappa shape index (κ3) is 4.74. The van der Waals surface area contributed by atoms with Gasteiger partial charge in [0.15, 0.2) is 0 Å². The molecule has 3 atom stereocenters. The van der Waals surface area contributed by atoms with Crippen LogP contribution in [0.15, 0.2) is 0 Å². The quantitative estimate of drug-likeness (QED) is 0.770. The maximum atomic E-state index is 11.9. The molecule has 0 aromatic heterocycles. The first-order valence-electron chi connectivity index (χ1n) is 6.13. The number of piperidine rings is 1. The van der Waals surface area contributed by atoms with E-state index in [0.29, 0.717) is 11.8 Å². The van der Waals surface area contributed by atoms with Gasteiger partial charge < -0.3 is 10.6 Å². The van der Waals surface area contributed by atoms with Crippen LogP contribution < -0.4 is 10.6 Å². The van der Waals surface area contributed by atoms with Gasteiger partial charge >= 0.3 is 0 Å². The number of thioether (sulfide) groups is 1. The number of hydrogen-bond acceptors (Lipinski definition) is 3. The molecule has 94 valence electrons. The molecule has 0 aromatic carbocycles. The number of rotatable bonds is 5. The summed E-state index contributed by atoms with van der Waals surface area (Å²) in [5.41, 5.74) is 0. The summed E-state index contributed by atoms with van der Waals surface area (Å²) in [6.07, 6.45) is 4.26. The van der Waals surface area contributed by atoms with Gasteiger partial charge in [-0.3, -0.25) is 4.79 Å². The van der Waals surface area contributed by atoms with Gasteiger partial charge in [0, 0.05) is 6.54 Å². The van der Waals surface area contributed by atoms with E-state index in [0.717, 1.165) is 25.3 Å². The van der Waals surface area contributed by atoms with Crippen molar-refractivity contribution in [2.45, 2.75) is 32.7 Å². The van der Waals surface area contributed by atoms with Gasteiger partial charge in [0.1, 0.15) is 0 Å². The molecule has 0 saturated carbocycles. The number of amides is 1. The number of hydrogen-bond donors (Lipinski definition) is 2. The zero-order chi connectivity index (χ0) is 12.0. The molecule has 1 aliphatic rings. The third-order valence-corrected chi connectivity index (χ3v) is 3.96. The van der Waals surface area contributed by atoms with Crippen molar-refractivity contribution in [3.63, 3.8) is 0 Å². The van der Waals surface area contributed by atoms with Crippen LogP contribution in [0.1, 0.15) is 26.7 Å². The van der Waals surface area contributed by atoms with Crippen molar-refractivity contribution in [3.05, 3.63) is 0 Å². The first-order chi connectivity index (χ1) is 7.63. The van der Waals surface area contributed by atoms with E-state index >= 15 is 0 Å². The lowest BCUT2D eigenvalue weighted by Crippen LogP contribution is -2.49. The Morgan fingerprint density at radius 3 is 3.00 bits per heavy atom. The Kier molecular flexibility index (Phi) is 6.21. The highest BCUT2D eigenvalue weighted by Gasteiger charge is 2.24. The summed E-state index contributed by atoms with van der Waals surface area (Å²) in [5, 5.41) is 6.33. The summed E-state index contributed by atoms with van der Waals surface area (Å²) >= 11 is 1.83. The second-order valence-electron chi connectivity index (χ2n) is 4.94. The molecule has 1 rings (SSSR count). The zero-order valence-electron chi connectivity index (χ0n) is 10.6. The molecule has 0 bridgehead atoms. The fourth-order valence-corrected chi connectivity index (χ4v) is 2.74. The Labute approximate surface area is 103 Å². The van der Waals surface area contributed by atoms with Crippen LogP contribution >= 0.6 is 11.8 Å². The van der Waals surface area contributed by atoms with Crippen molar-refractivity contribution >= 4 is 17.7 Å². The predicted octanol–water partition coefficient (Wildman–Crippen LogP) is 1.49. The van der Waals surface area contributed by atoms with Crippen LogP contribution in [0.2, 0.25) is 0 Å². The molecule has 0 spiro atoms. The molecule has 3 nitrogen and oxygen atoms in total. The van der Waals surface area contributed by atoms with E-state index < -0.39 is 0 Å². The molecule has 0 radical (unpaired) electrons. The summed E-state index contributed by atoms with van der Waals surface area (Å²) in [4.78, 5) is 11.9. The van der Waals surface area contributed by atoms with Crippen LogP contribution in [0.3, 0.4) is 0 Å². The van der Waals surface area contributed by atoms with Crippen LogP contribution in [0.25, 0.3) is 0 Å². The molecule has 3 unspecified atom stereocenters. The predicted molar refractivity (Wildman–Crippen MR) is 70.7 cm³/mol. The minimum atomic E-state index is 0.0326. The summed E-state index contributed by atoms with van der Waals surface area (Å²) in [5.74, 6) is 2.51. The molecular formula is C12H24N2OS. The smallest absolute Gasteiger partial charge is 0.237 e. The van der Waals surface area contributed by atoms with Crippen LogP contribution in [0.5, 0.6) is 0 Å². The molecule has 2 N–H and O–H groups in total. The molecule has 1 amide bonds. The van der Waals surface area contributed by atoms with E-state index in [1.165, 1.54) is 6.42 Å². The summed E-state index contributed by atoms with van der Waals surface area (Å²) in [6.45, 7) is 6.16. The monoisotopic (exact) mass is 244 g/mol. The molecule has 16 heavy (non-hydrogen) atoms. The van der Waals surface area contributed by atoms with Crippen LogP contribution in [0, 0.1) is 11.8 Å². The first kappa shape index (κ1) is 13.8. The fraction of sp³-hybridized carbons (Fsp3) is 0.917. The van der Waals surface area contributed by atoms with Gasteiger partial charge in [-0.05, 0) is 43.2 Å². The molecule has 1 fully saturated rings. The Morgan fingerprint density at radius 2 is 2.38 bits per heavy atom. The largest absolute Gasteiger partial charge is 0.354 e. The zero-order valence-corrected chi connectivity index (χ0v) is 11.4. The summed E-state index contributed by atoms with van der Waals surface area (Å²) in [7, 11) is 0. The highest BCUT2D eigenvalue weighted by Crippen LogP contribution is 2.15. The minimum absolute atomic E-state index is 0.0326. The summed E-state index contributed by atoms with van der Waals surface area (Å²) in [6, 6.07) is 0.0326. The minimum Gasteiger partial charge on any atom is -0.354 e. The van der Waals surface area contributed by atoms with Crippen molar-refractivity contribution in [2.24, 2.45) is 11.8 Å². The SMILES string of the molecule is CSCC(C)CNC(=O)C1CC(C)CCN1. The van der Waals surface area contributed by atoms with E-state index in [9.17, 15) is 4.79 Å². The molecule has 0 aliphatic carbocycles. The van der Waals surface area contributed by atoms with Crippen molar-refractivity contribution in [1.82, 2.24) is 10.6 Å². The van der Waals surface area contributed by atoms with Gasteiger partial charge in [-0.2, -0.15) is 11.8 Å². The van der Waals surface area contributed by atoms with E-state index in [1.54, 1.807) is 0 Å². The van der Waals surface area contributed by atoms with Gasteiger partial charge in [-0.15, -0.1) is 0 Å². The third-order valence-electron chi connectivity index (χ3n) is 3.06. The Balaban J connectivity index is 2.23. The van der Waals surface area contributed by atoms with Crippen molar-refractivity contribution < 1.29 is 4.79 Å². The molecule has 4 heteroatoms. The Bertz CT molecular complexity index is 223. The Hall–Kier alpha value is -0.220. The maximum absolute atomic E-state index is 11.9. The van der Waals surface area contributed by atoms with Crippen LogP contribution in [-0.4, -0.2) is 37.0 Å². The molecule has 1 heterocycles. The lowest BCUT2D eigenvalue weighted by molar-refractivity contribution is -0.124. The Morgan fingerprint density at radius 1 is 1.62 bits per heavy atom. The normalized spacial score (nSPS) is 27.4. The van der Waals surface area contributed by atoms with E-state index in [1.807, 2.05) is 11.8 Å². The van der Waals surface area contributed by atoms with Crippen molar-refractivity contribution in [2.75, 3.05) is 25.1 Å². The van der Waals surface area contributed by atoms with Gasteiger partial charge in [0.25, 0.3) is 0 Å². The average molecular weight is 244 g/mol. The number of carbonyl (C=O) groups is 1. The van der Waals surface area contributed by atoms with Gasteiger partial charge in [0.2, 0.25) is 5.91 Å². The highest BCUT2D eigenvalue weighted by atomic mass is 32.2. The van der Waals surface area contributed by atoms with Gasteiger partial charge in [-0.1, -0.05) is 13.8 Å². The van der Waals surface area contributed by atoms with Gasteiger partial charge in [0.05, 0.1) is 6.04 Å². The molecule has 1 saturated heterocycles. The van der Waals surface area contributed by atoms with Crippen LogP contribution in [0.4, 0.5) is 0 Å². The number of nitrogens with one attached hydrogen (secondary N) is 2. The van der Waals surface area contributed by atoms with Gasteiger partial charge in [-0.25, -0.2) is 0 Å². The summed E-state index contributed by atoms with van der Waals surface area (Å²) < 4.78 is 0. The van der Waals surface area contributed by atoms with Crippen molar-refractivity contribution in [3.8, 4) is 0 Å². The second kappa shape index (κ2) is 7.17. The topological polar surface area (TPSA) is 41.1 Å². The highest BCUT2D eigenvalue weighted by molar-refractivity contribution is 7.98. The van der Waals surface area contributed by atoms with Crippen LogP contribution in [-0.2, 0) is 4.79 Å². The standard InChI is InChI=1S/C12H24N2OS/c1-9-4-5-13-11(6-9)12(15)14-7-10(2)8-16-3/h9-11,13H,4-8H2,1-3H3,(H,14,15). The van der Waals surface area contributed by atoms with Crippen molar-refractivity contribution in [1.29, 1.82) is 0 Å². The molecule has 1 aliphatic heterocycles. The van der Waals surface area contributed by atoms with E-state index in [4.69, 9.17) is 0 Å². The van der Waals surface area contributed by atoms with E-state index in [-0.39, 0.29) is 11.9 Å². The molecule has 0 aromatic rings. The lowest BCUT2D eigenvalue weighted by atomic mass is 9.94. The second-order valence-corrected chi connectivity index (χ2v) is 5.85. The lowest BCUT2D eigenvalue weighted by Gasteiger charge is -2.27. The molecular weight excluding hydrogens is 220 g/mol. The first-order valence-corrected chi connectivity index (χ1v) is 7.53. The maximum Gasteiger partial charge on any atom is 0.237 e. The van der Waals surface area contributed by atoms with E-state index in [2.05, 4.69) is 30.7 Å².